The van der Waals surface area contributed by atoms with E-state index in [2.05, 4.69) is 43.5 Å². The molecule has 5 rings (SSSR count). The molecule has 5 aromatic rings. The molecule has 0 amide bonds. The maximum Gasteiger partial charge on any atom is 0.139 e. The van der Waals surface area contributed by atoms with Gasteiger partial charge in [-0.15, -0.1) is 11.3 Å². The van der Waals surface area contributed by atoms with Crippen LogP contribution in [0.2, 0.25) is 0 Å². The molecule has 0 saturated heterocycles. The zero-order chi connectivity index (χ0) is 17.1. The van der Waals surface area contributed by atoms with Crippen molar-refractivity contribution in [3.8, 4) is 10.7 Å². The highest BCUT2D eigenvalue weighted by molar-refractivity contribution is 7.13. The molecule has 1 N–H and O–H groups in total. The summed E-state index contributed by atoms with van der Waals surface area (Å²) in [4.78, 5) is 16.0. The van der Waals surface area contributed by atoms with Gasteiger partial charge in [-0.3, -0.25) is 9.97 Å². The molecule has 0 fully saturated rings. The van der Waals surface area contributed by atoms with Crippen molar-refractivity contribution < 1.29 is 0 Å². The minimum Gasteiger partial charge on any atom is -0.351 e. The number of thiazole rings is 1. The van der Waals surface area contributed by atoms with E-state index in [1.165, 1.54) is 10.8 Å². The van der Waals surface area contributed by atoms with Gasteiger partial charge in [0.05, 0.1) is 22.9 Å². The van der Waals surface area contributed by atoms with Crippen LogP contribution < -0.4 is 0 Å². The number of aromatic nitrogens is 4. The summed E-state index contributed by atoms with van der Waals surface area (Å²) in [5.74, 6) is 0. The van der Waals surface area contributed by atoms with Crippen LogP contribution in [0.1, 0.15) is 5.69 Å². The molecule has 4 heterocycles. The Morgan fingerprint density at radius 2 is 1.84 bits per heavy atom. The zero-order valence-electron chi connectivity index (χ0n) is 13.7. The fourth-order valence-corrected chi connectivity index (χ4v) is 3.35. The van der Waals surface area contributed by atoms with Crippen LogP contribution in [0.4, 0.5) is 0 Å². The highest BCUT2D eigenvalue weighted by Gasteiger charge is 2.05. The molecule has 0 bridgehead atoms. The fraction of sp³-hybridized carbons (Fsp3) is 0.0500. The summed E-state index contributed by atoms with van der Waals surface area (Å²) < 4.78 is 0. The van der Waals surface area contributed by atoms with E-state index in [4.69, 9.17) is 0 Å². The Balaban J connectivity index is 0.000000136. The molecule has 0 atom stereocenters. The van der Waals surface area contributed by atoms with Gasteiger partial charge >= 0.3 is 0 Å². The molecule has 0 saturated carbocycles. The van der Waals surface area contributed by atoms with Gasteiger partial charge in [-0.25, -0.2) is 4.98 Å². The second-order valence-electron chi connectivity index (χ2n) is 5.64. The average Bonchev–Trinajstić information content (AvgIpc) is 3.28. The lowest BCUT2D eigenvalue weighted by molar-refractivity contribution is 1.25. The minimum absolute atomic E-state index is 1.03. The van der Waals surface area contributed by atoms with Gasteiger partial charge in [-0.05, 0) is 31.2 Å². The summed E-state index contributed by atoms with van der Waals surface area (Å²) in [5, 5.41) is 5.46. The van der Waals surface area contributed by atoms with E-state index in [1.807, 2.05) is 49.6 Å². The van der Waals surface area contributed by atoms with Gasteiger partial charge in [-0.1, -0.05) is 24.3 Å². The van der Waals surface area contributed by atoms with Gasteiger partial charge in [0, 0.05) is 34.2 Å². The number of hydrogen-bond acceptors (Lipinski definition) is 4. The van der Waals surface area contributed by atoms with Crippen LogP contribution in [0.25, 0.3) is 32.5 Å². The summed E-state index contributed by atoms with van der Waals surface area (Å²) in [6.45, 7) is 2.00. The van der Waals surface area contributed by atoms with Crippen molar-refractivity contribution in [2.45, 2.75) is 6.92 Å². The van der Waals surface area contributed by atoms with Crippen molar-refractivity contribution in [2.24, 2.45) is 0 Å². The van der Waals surface area contributed by atoms with Crippen molar-refractivity contribution in [2.75, 3.05) is 0 Å². The Bertz CT molecular complexity index is 1030. The molecular formula is C20H16N4S. The molecule has 0 aliphatic heterocycles. The Labute approximate surface area is 149 Å². The molecule has 122 valence electrons. The van der Waals surface area contributed by atoms with Crippen LogP contribution in [0, 0.1) is 6.92 Å². The first-order valence-electron chi connectivity index (χ1n) is 7.94. The molecule has 4 aromatic heterocycles. The van der Waals surface area contributed by atoms with Gasteiger partial charge < -0.3 is 4.98 Å². The van der Waals surface area contributed by atoms with E-state index in [0.29, 0.717) is 0 Å². The smallest absolute Gasteiger partial charge is 0.139 e. The summed E-state index contributed by atoms with van der Waals surface area (Å²) in [7, 11) is 0. The quantitative estimate of drug-likeness (QED) is 0.453. The maximum absolute atomic E-state index is 4.44. The Morgan fingerprint density at radius 3 is 2.64 bits per heavy atom. The normalized spacial score (nSPS) is 10.6. The number of rotatable bonds is 1. The number of nitrogens with one attached hydrogen (secondary N) is 1. The van der Waals surface area contributed by atoms with Gasteiger partial charge in [0.25, 0.3) is 0 Å². The van der Waals surface area contributed by atoms with Gasteiger partial charge in [0.15, 0.2) is 0 Å². The zero-order valence-corrected chi connectivity index (χ0v) is 14.5. The topological polar surface area (TPSA) is 54.5 Å². The first kappa shape index (κ1) is 15.5. The molecule has 0 unspecified atom stereocenters. The van der Waals surface area contributed by atoms with Gasteiger partial charge in [0.2, 0.25) is 0 Å². The number of benzene rings is 1. The van der Waals surface area contributed by atoms with Crippen molar-refractivity contribution in [1.82, 2.24) is 19.9 Å². The molecule has 5 heteroatoms. The summed E-state index contributed by atoms with van der Waals surface area (Å²) in [6, 6.07) is 16.2. The Kier molecular flexibility index (Phi) is 4.23. The number of aromatic amines is 1. The highest BCUT2D eigenvalue weighted by atomic mass is 32.1. The highest BCUT2D eigenvalue weighted by Crippen LogP contribution is 2.26. The van der Waals surface area contributed by atoms with Crippen molar-refractivity contribution >= 4 is 33.1 Å². The molecule has 0 aliphatic carbocycles. The van der Waals surface area contributed by atoms with E-state index in [9.17, 15) is 0 Å². The number of fused-ring (bicyclic) bond motifs is 2. The summed E-state index contributed by atoms with van der Waals surface area (Å²) in [6.07, 6.45) is 5.44. The van der Waals surface area contributed by atoms with E-state index in [-0.39, 0.29) is 0 Å². The third-order valence-corrected chi connectivity index (χ3v) is 4.78. The Morgan fingerprint density at radius 1 is 0.960 bits per heavy atom. The van der Waals surface area contributed by atoms with Crippen LogP contribution in [-0.2, 0) is 0 Å². The average molecular weight is 344 g/mol. The minimum atomic E-state index is 1.03. The van der Waals surface area contributed by atoms with E-state index >= 15 is 0 Å². The number of nitrogens with zero attached hydrogens (tertiary/aromatic N) is 3. The van der Waals surface area contributed by atoms with E-state index in [0.717, 1.165) is 27.4 Å². The SMILES string of the molecule is Cc1csc(-c2cc3ccncc3[nH]2)n1.c1ccc2ncccc2c1. The van der Waals surface area contributed by atoms with Crippen LogP contribution in [0.15, 0.2) is 72.5 Å². The largest absolute Gasteiger partial charge is 0.351 e. The predicted molar refractivity (Wildman–Crippen MR) is 104 cm³/mol. The number of hydrogen-bond donors (Lipinski definition) is 1. The van der Waals surface area contributed by atoms with Gasteiger partial charge in [0.1, 0.15) is 5.01 Å². The maximum atomic E-state index is 4.44. The first-order chi connectivity index (χ1) is 12.3. The molecule has 0 spiro atoms. The van der Waals surface area contributed by atoms with Crippen LogP contribution in [-0.4, -0.2) is 19.9 Å². The Hall–Kier alpha value is -3.05. The second kappa shape index (κ2) is 6.83. The number of pyridine rings is 2. The molecule has 25 heavy (non-hydrogen) atoms. The summed E-state index contributed by atoms with van der Waals surface area (Å²) >= 11 is 1.66. The third-order valence-electron chi connectivity index (χ3n) is 3.79. The standard InChI is InChI=1S/C11H9N3S.C9H7N/c1-7-6-15-11(13-7)9-4-8-2-3-12-5-10(8)14-9;1-2-6-9-8(4-1)5-3-7-10-9/h2-6,14H,1H3;1-7H. The molecule has 0 radical (unpaired) electrons. The van der Waals surface area contributed by atoms with Crippen molar-refractivity contribution in [1.29, 1.82) is 0 Å². The fourth-order valence-electron chi connectivity index (χ4n) is 2.58. The second-order valence-corrected chi connectivity index (χ2v) is 6.49. The van der Waals surface area contributed by atoms with Gasteiger partial charge in [-0.2, -0.15) is 0 Å². The van der Waals surface area contributed by atoms with E-state index < -0.39 is 0 Å². The first-order valence-corrected chi connectivity index (χ1v) is 8.82. The number of para-hydroxylation sites is 1. The van der Waals surface area contributed by atoms with Crippen LogP contribution >= 0.6 is 11.3 Å². The van der Waals surface area contributed by atoms with E-state index in [1.54, 1.807) is 17.5 Å². The van der Waals surface area contributed by atoms with Crippen LogP contribution in [0.5, 0.6) is 0 Å². The molecule has 1 aromatic carbocycles. The third kappa shape index (κ3) is 3.41. The van der Waals surface area contributed by atoms with Crippen molar-refractivity contribution in [3.05, 3.63) is 78.2 Å². The lowest BCUT2D eigenvalue weighted by Crippen LogP contribution is -1.75. The lowest BCUT2D eigenvalue weighted by Gasteiger charge is -1.91. The number of H-pyrrole nitrogens is 1. The summed E-state index contributed by atoms with van der Waals surface area (Å²) in [5.41, 5.74) is 4.24. The molecular weight excluding hydrogens is 328 g/mol. The van der Waals surface area contributed by atoms with Crippen LogP contribution in [0.3, 0.4) is 0 Å². The monoisotopic (exact) mass is 344 g/mol. The lowest BCUT2D eigenvalue weighted by atomic mass is 10.2. The van der Waals surface area contributed by atoms with Crippen molar-refractivity contribution in [3.63, 3.8) is 0 Å². The number of aryl methyl sites for hydroxylation is 1. The molecule has 0 aliphatic rings. The molecule has 4 nitrogen and oxygen atoms in total. The predicted octanol–water partition coefficient (Wildman–Crippen LogP) is 5.23.